The molecule has 1 heterocycles. The molecule has 0 amide bonds. The summed E-state index contributed by atoms with van der Waals surface area (Å²) >= 11 is 0. The highest BCUT2D eigenvalue weighted by Gasteiger charge is 2.33. The Bertz CT molecular complexity index is 440. The Hall–Kier alpha value is -1.29. The normalized spacial score (nSPS) is 24.0. The van der Waals surface area contributed by atoms with Crippen LogP contribution in [0.15, 0.2) is 6.07 Å². The van der Waals surface area contributed by atoms with E-state index in [0.29, 0.717) is 5.56 Å². The van der Waals surface area contributed by atoms with Crippen LogP contribution in [0.5, 0.6) is 11.5 Å². The smallest absolute Gasteiger partial charge is 0.196 e. The second kappa shape index (κ2) is 4.18. The van der Waals surface area contributed by atoms with Gasteiger partial charge in [0.1, 0.15) is 0 Å². The molecule has 0 saturated carbocycles. The molecule has 1 unspecified atom stereocenters. The van der Waals surface area contributed by atoms with Crippen LogP contribution in [0, 0.1) is 12.7 Å². The Balaban J connectivity index is 2.56. The van der Waals surface area contributed by atoms with Crippen LogP contribution >= 0.6 is 0 Å². The van der Waals surface area contributed by atoms with Gasteiger partial charge < -0.3 is 15.2 Å². The molecule has 1 saturated heterocycles. The van der Waals surface area contributed by atoms with E-state index in [0.717, 1.165) is 24.9 Å². The van der Waals surface area contributed by atoms with Crippen LogP contribution in [0.3, 0.4) is 0 Å². The van der Waals surface area contributed by atoms with E-state index < -0.39 is 5.82 Å². The fourth-order valence-electron chi connectivity index (χ4n) is 2.60. The monoisotopic (exact) mass is 239 g/mol. The van der Waals surface area contributed by atoms with Crippen molar-refractivity contribution in [3.05, 3.63) is 23.0 Å². The van der Waals surface area contributed by atoms with Crippen molar-refractivity contribution in [2.75, 3.05) is 13.7 Å². The summed E-state index contributed by atoms with van der Waals surface area (Å²) < 4.78 is 18.7. The van der Waals surface area contributed by atoms with Gasteiger partial charge >= 0.3 is 0 Å². The van der Waals surface area contributed by atoms with Crippen molar-refractivity contribution in [3.63, 3.8) is 0 Å². The minimum absolute atomic E-state index is 0.0761. The van der Waals surface area contributed by atoms with Crippen molar-refractivity contribution >= 4 is 0 Å². The van der Waals surface area contributed by atoms with Crippen LogP contribution < -0.4 is 10.1 Å². The zero-order valence-corrected chi connectivity index (χ0v) is 10.4. The van der Waals surface area contributed by atoms with Gasteiger partial charge in [-0.3, -0.25) is 0 Å². The number of aromatic hydroxyl groups is 1. The number of halogens is 1. The van der Waals surface area contributed by atoms with Crippen LogP contribution in [0.4, 0.5) is 4.39 Å². The average Bonchev–Trinajstić information content (AvgIpc) is 2.72. The number of nitrogens with one attached hydrogen (secondary N) is 1. The van der Waals surface area contributed by atoms with E-state index >= 15 is 0 Å². The molecule has 0 aromatic heterocycles. The topological polar surface area (TPSA) is 41.5 Å². The summed E-state index contributed by atoms with van der Waals surface area (Å²) in [5, 5.41) is 13.3. The molecule has 0 aliphatic carbocycles. The van der Waals surface area contributed by atoms with E-state index in [2.05, 4.69) is 5.32 Å². The van der Waals surface area contributed by atoms with E-state index in [1.165, 1.54) is 13.2 Å². The van der Waals surface area contributed by atoms with Gasteiger partial charge in [-0.25, -0.2) is 4.39 Å². The van der Waals surface area contributed by atoms with Gasteiger partial charge in [0.25, 0.3) is 0 Å². The standard InChI is InChI=1S/C13H18FNO2/c1-8-9(13(2)5-4-6-15-13)7-10(14)12(17-3)11(8)16/h7,15-16H,4-6H2,1-3H3. The van der Waals surface area contributed by atoms with Gasteiger partial charge in [0, 0.05) is 5.54 Å². The highest BCUT2D eigenvalue weighted by atomic mass is 19.1. The summed E-state index contributed by atoms with van der Waals surface area (Å²) in [4.78, 5) is 0. The molecule has 1 atom stereocenters. The van der Waals surface area contributed by atoms with Crippen LogP contribution in [0.2, 0.25) is 0 Å². The van der Waals surface area contributed by atoms with Gasteiger partial charge in [-0.05, 0) is 50.4 Å². The molecule has 1 aliphatic rings. The molecule has 2 rings (SSSR count). The fourth-order valence-corrected chi connectivity index (χ4v) is 2.60. The highest BCUT2D eigenvalue weighted by molar-refractivity contribution is 5.52. The largest absolute Gasteiger partial charge is 0.504 e. The molecule has 0 bridgehead atoms. The quantitative estimate of drug-likeness (QED) is 0.833. The lowest BCUT2D eigenvalue weighted by atomic mass is 9.86. The number of phenols is 1. The first-order valence-corrected chi connectivity index (χ1v) is 5.81. The molecule has 2 N–H and O–H groups in total. The Morgan fingerprint density at radius 3 is 2.76 bits per heavy atom. The molecule has 1 aliphatic heterocycles. The van der Waals surface area contributed by atoms with Crippen molar-refractivity contribution in [1.82, 2.24) is 5.32 Å². The van der Waals surface area contributed by atoms with Gasteiger partial charge in [-0.1, -0.05) is 0 Å². The third-order valence-corrected chi connectivity index (χ3v) is 3.63. The molecule has 17 heavy (non-hydrogen) atoms. The maximum Gasteiger partial charge on any atom is 0.196 e. The van der Waals surface area contributed by atoms with Crippen LogP contribution in [0.25, 0.3) is 0 Å². The first kappa shape index (κ1) is 12.2. The van der Waals surface area contributed by atoms with Gasteiger partial charge in [-0.2, -0.15) is 0 Å². The van der Waals surface area contributed by atoms with E-state index in [9.17, 15) is 9.50 Å². The summed E-state index contributed by atoms with van der Waals surface area (Å²) in [5.41, 5.74) is 1.24. The maximum atomic E-state index is 13.8. The molecule has 3 nitrogen and oxygen atoms in total. The lowest BCUT2D eigenvalue weighted by molar-refractivity contribution is 0.344. The second-order valence-corrected chi connectivity index (χ2v) is 4.78. The number of rotatable bonds is 2. The predicted molar refractivity (Wildman–Crippen MR) is 63.9 cm³/mol. The van der Waals surface area contributed by atoms with E-state index in [-0.39, 0.29) is 17.0 Å². The van der Waals surface area contributed by atoms with Crippen molar-refractivity contribution < 1.29 is 14.2 Å². The molecule has 1 aromatic rings. The minimum atomic E-state index is -0.513. The zero-order chi connectivity index (χ0) is 12.6. The van der Waals surface area contributed by atoms with E-state index in [1.807, 2.05) is 6.92 Å². The van der Waals surface area contributed by atoms with Crippen LogP contribution in [-0.4, -0.2) is 18.8 Å². The van der Waals surface area contributed by atoms with Gasteiger partial charge in [-0.15, -0.1) is 0 Å². The summed E-state index contributed by atoms with van der Waals surface area (Å²) in [6.45, 7) is 4.75. The second-order valence-electron chi connectivity index (χ2n) is 4.78. The Kier molecular flexibility index (Phi) is 3.00. The SMILES string of the molecule is COc1c(F)cc(C2(C)CCCN2)c(C)c1O. The number of hydrogen-bond donors (Lipinski definition) is 2. The number of benzene rings is 1. The van der Waals surface area contributed by atoms with E-state index in [4.69, 9.17) is 4.74 Å². The molecule has 94 valence electrons. The summed E-state index contributed by atoms with van der Waals surface area (Å²) in [6.07, 6.45) is 2.00. The lowest BCUT2D eigenvalue weighted by Gasteiger charge is -2.28. The number of methoxy groups -OCH3 is 1. The predicted octanol–water partition coefficient (Wildman–Crippen LogP) is 2.45. The molecule has 1 fully saturated rings. The third kappa shape index (κ3) is 1.86. The third-order valence-electron chi connectivity index (χ3n) is 3.63. The van der Waals surface area contributed by atoms with Crippen LogP contribution in [0.1, 0.15) is 30.9 Å². The zero-order valence-electron chi connectivity index (χ0n) is 10.4. The fraction of sp³-hybridized carbons (Fsp3) is 0.538. The summed E-state index contributed by atoms with van der Waals surface area (Å²) in [5.74, 6) is -0.689. The van der Waals surface area contributed by atoms with Crippen LogP contribution in [-0.2, 0) is 5.54 Å². The number of ether oxygens (including phenoxy) is 1. The Morgan fingerprint density at radius 2 is 2.24 bits per heavy atom. The van der Waals surface area contributed by atoms with Gasteiger partial charge in [0.15, 0.2) is 17.3 Å². The molecule has 0 spiro atoms. The molecular weight excluding hydrogens is 221 g/mol. The van der Waals surface area contributed by atoms with Crippen molar-refractivity contribution in [3.8, 4) is 11.5 Å². The average molecular weight is 239 g/mol. The van der Waals surface area contributed by atoms with Gasteiger partial charge in [0.05, 0.1) is 7.11 Å². The first-order chi connectivity index (χ1) is 7.99. The van der Waals surface area contributed by atoms with Crippen molar-refractivity contribution in [1.29, 1.82) is 0 Å². The summed E-state index contributed by atoms with van der Waals surface area (Å²) in [7, 11) is 1.35. The molecule has 1 aromatic carbocycles. The Morgan fingerprint density at radius 1 is 1.53 bits per heavy atom. The van der Waals surface area contributed by atoms with Gasteiger partial charge in [0.2, 0.25) is 0 Å². The summed E-state index contributed by atoms with van der Waals surface area (Å²) in [6, 6.07) is 1.46. The number of phenolic OH excluding ortho intramolecular Hbond substituents is 1. The molecule has 0 radical (unpaired) electrons. The maximum absolute atomic E-state index is 13.8. The minimum Gasteiger partial charge on any atom is -0.504 e. The lowest BCUT2D eigenvalue weighted by Crippen LogP contribution is -2.34. The van der Waals surface area contributed by atoms with Crippen molar-refractivity contribution in [2.45, 2.75) is 32.2 Å². The van der Waals surface area contributed by atoms with E-state index in [1.54, 1.807) is 6.92 Å². The molecule has 4 heteroatoms. The van der Waals surface area contributed by atoms with Crippen molar-refractivity contribution in [2.24, 2.45) is 0 Å². The Labute approximate surface area is 101 Å². The highest BCUT2D eigenvalue weighted by Crippen LogP contribution is 2.41. The molecular formula is C13H18FNO2. The first-order valence-electron chi connectivity index (χ1n) is 5.81. The number of hydrogen-bond acceptors (Lipinski definition) is 3.